The zero-order valence-corrected chi connectivity index (χ0v) is 14.2. The Balaban J connectivity index is 1.90. The van der Waals surface area contributed by atoms with Crippen LogP contribution in [0.1, 0.15) is 18.1 Å². The molecule has 0 spiro atoms. The fraction of sp³-hybridized carbons (Fsp3) is 0.105. The van der Waals surface area contributed by atoms with Crippen LogP contribution in [0.2, 0.25) is 5.02 Å². The van der Waals surface area contributed by atoms with Gasteiger partial charge in [-0.3, -0.25) is 4.79 Å². The first-order chi connectivity index (χ1) is 12.0. The van der Waals surface area contributed by atoms with Gasteiger partial charge in [0.2, 0.25) is 0 Å². The van der Waals surface area contributed by atoms with Crippen molar-refractivity contribution in [1.29, 1.82) is 5.26 Å². The summed E-state index contributed by atoms with van der Waals surface area (Å²) in [5, 5.41) is 11.9. The third-order valence-electron chi connectivity index (χ3n) is 3.25. The third-order valence-corrected chi connectivity index (χ3v) is 3.59. The highest BCUT2D eigenvalue weighted by Gasteiger charge is 2.16. The molecule has 0 aliphatic heterocycles. The molecule has 0 saturated heterocycles. The molecule has 6 heteroatoms. The Bertz CT molecular complexity index is 838. The molecular formula is C19H15ClN2O3. The predicted octanol–water partition coefficient (Wildman–Crippen LogP) is 3.80. The first-order valence-electron chi connectivity index (χ1n) is 7.44. The quantitative estimate of drug-likeness (QED) is 0.654. The zero-order chi connectivity index (χ0) is 18.2. The number of carbonyl (C=O) groups is 2. The minimum atomic E-state index is -0.973. The van der Waals surface area contributed by atoms with Crippen LogP contribution in [0, 0.1) is 11.3 Å². The molecule has 2 rings (SSSR count). The molecule has 0 radical (unpaired) electrons. The molecule has 0 bridgehead atoms. The van der Waals surface area contributed by atoms with Crippen LogP contribution in [0.15, 0.2) is 54.6 Å². The van der Waals surface area contributed by atoms with Gasteiger partial charge in [0, 0.05) is 16.8 Å². The van der Waals surface area contributed by atoms with Crippen molar-refractivity contribution < 1.29 is 14.3 Å². The van der Waals surface area contributed by atoms with Crippen LogP contribution in [0.4, 0.5) is 5.69 Å². The summed E-state index contributed by atoms with van der Waals surface area (Å²) in [5.41, 5.74) is 1.68. The largest absolute Gasteiger partial charge is 0.449 e. The molecular weight excluding hydrogens is 340 g/mol. The van der Waals surface area contributed by atoms with Crippen molar-refractivity contribution in [3.63, 3.8) is 0 Å². The van der Waals surface area contributed by atoms with Crippen LogP contribution in [-0.4, -0.2) is 18.0 Å². The number of amides is 1. The van der Waals surface area contributed by atoms with Crippen LogP contribution in [0.5, 0.6) is 0 Å². The fourth-order valence-electron chi connectivity index (χ4n) is 1.91. The summed E-state index contributed by atoms with van der Waals surface area (Å²) in [7, 11) is 0. The molecule has 0 heterocycles. The average Bonchev–Trinajstić information content (AvgIpc) is 2.61. The van der Waals surface area contributed by atoms with E-state index in [2.05, 4.69) is 5.32 Å². The van der Waals surface area contributed by atoms with E-state index in [0.29, 0.717) is 21.8 Å². The van der Waals surface area contributed by atoms with Crippen molar-refractivity contribution in [2.24, 2.45) is 0 Å². The van der Waals surface area contributed by atoms with Crippen molar-refractivity contribution in [3.8, 4) is 6.07 Å². The average molecular weight is 355 g/mol. The number of ether oxygens (including phenoxy) is 1. The first-order valence-corrected chi connectivity index (χ1v) is 7.81. The number of hydrogen-bond donors (Lipinski definition) is 1. The molecule has 25 heavy (non-hydrogen) atoms. The Morgan fingerprint density at radius 3 is 2.52 bits per heavy atom. The minimum Gasteiger partial charge on any atom is -0.449 e. The molecule has 2 aromatic rings. The Labute approximate surface area is 150 Å². The van der Waals surface area contributed by atoms with E-state index in [1.165, 1.54) is 19.1 Å². The maximum Gasteiger partial charge on any atom is 0.331 e. The number of rotatable bonds is 5. The van der Waals surface area contributed by atoms with Crippen LogP contribution < -0.4 is 5.32 Å². The van der Waals surface area contributed by atoms with E-state index in [-0.39, 0.29) is 0 Å². The lowest BCUT2D eigenvalue weighted by Crippen LogP contribution is -2.29. The zero-order valence-electron chi connectivity index (χ0n) is 13.4. The number of benzene rings is 2. The molecule has 1 amide bonds. The Kier molecular flexibility index (Phi) is 6.33. The standard InChI is InChI=1S/C19H15ClN2O3/c1-13(19(24)22-16-9-6-14(12-21)7-10-16)25-18(23)11-8-15-4-2-3-5-17(15)20/h2-11,13H,1H3,(H,22,24)/b11-8+/t13-/m1/s1. The first kappa shape index (κ1) is 18.2. The lowest BCUT2D eigenvalue weighted by Gasteiger charge is -2.12. The minimum absolute atomic E-state index is 0.468. The van der Waals surface area contributed by atoms with Crippen molar-refractivity contribution in [3.05, 3.63) is 70.8 Å². The van der Waals surface area contributed by atoms with Gasteiger partial charge >= 0.3 is 5.97 Å². The number of nitrogens with one attached hydrogen (secondary N) is 1. The number of esters is 1. The highest BCUT2D eigenvalue weighted by Crippen LogP contribution is 2.16. The molecule has 0 aliphatic rings. The van der Waals surface area contributed by atoms with Gasteiger partial charge in [-0.05, 0) is 48.9 Å². The highest BCUT2D eigenvalue weighted by atomic mass is 35.5. The Morgan fingerprint density at radius 2 is 1.88 bits per heavy atom. The number of nitriles is 1. The van der Waals surface area contributed by atoms with E-state index in [0.717, 1.165) is 0 Å². The molecule has 1 N–H and O–H groups in total. The SMILES string of the molecule is C[C@@H](OC(=O)/C=C/c1ccccc1Cl)C(=O)Nc1ccc(C#N)cc1. The topological polar surface area (TPSA) is 79.2 Å². The second-order valence-corrected chi connectivity index (χ2v) is 5.52. The van der Waals surface area contributed by atoms with Crippen LogP contribution in [-0.2, 0) is 14.3 Å². The summed E-state index contributed by atoms with van der Waals surface area (Å²) in [4.78, 5) is 23.8. The summed E-state index contributed by atoms with van der Waals surface area (Å²) < 4.78 is 5.06. The molecule has 0 unspecified atom stereocenters. The molecule has 0 fully saturated rings. The summed E-state index contributed by atoms with van der Waals surface area (Å²) in [6.07, 6.45) is 1.77. The number of nitrogens with zero attached hydrogens (tertiary/aromatic N) is 1. The maximum atomic E-state index is 12.0. The van der Waals surface area contributed by atoms with E-state index in [1.807, 2.05) is 6.07 Å². The van der Waals surface area contributed by atoms with Crippen molar-refractivity contribution >= 4 is 35.2 Å². The predicted molar refractivity (Wildman–Crippen MR) is 95.8 cm³/mol. The number of anilines is 1. The molecule has 126 valence electrons. The summed E-state index contributed by atoms with van der Waals surface area (Å²) in [6, 6.07) is 15.4. The molecule has 2 aromatic carbocycles. The van der Waals surface area contributed by atoms with Crippen molar-refractivity contribution in [2.45, 2.75) is 13.0 Å². The Hall–Kier alpha value is -3.10. The fourth-order valence-corrected chi connectivity index (χ4v) is 2.11. The number of carbonyl (C=O) groups excluding carboxylic acids is 2. The van der Waals surface area contributed by atoms with Crippen molar-refractivity contribution in [1.82, 2.24) is 0 Å². The smallest absolute Gasteiger partial charge is 0.331 e. The molecule has 0 saturated carbocycles. The molecule has 1 atom stereocenters. The van der Waals surface area contributed by atoms with Gasteiger partial charge in [-0.2, -0.15) is 5.26 Å². The van der Waals surface area contributed by atoms with Crippen molar-refractivity contribution in [2.75, 3.05) is 5.32 Å². The third kappa shape index (κ3) is 5.48. The van der Waals surface area contributed by atoms with Crippen LogP contribution >= 0.6 is 11.6 Å². The lowest BCUT2D eigenvalue weighted by atomic mass is 10.2. The van der Waals surface area contributed by atoms with E-state index >= 15 is 0 Å². The van der Waals surface area contributed by atoms with E-state index < -0.39 is 18.0 Å². The summed E-state index contributed by atoms with van der Waals surface area (Å²) in [5.74, 6) is -1.12. The van der Waals surface area contributed by atoms with Gasteiger partial charge in [-0.1, -0.05) is 29.8 Å². The molecule has 5 nitrogen and oxygen atoms in total. The molecule has 0 aliphatic carbocycles. The van der Waals surface area contributed by atoms with Gasteiger partial charge in [0.1, 0.15) is 0 Å². The molecule has 0 aromatic heterocycles. The lowest BCUT2D eigenvalue weighted by molar-refractivity contribution is -0.148. The normalized spacial score (nSPS) is 11.6. The van der Waals surface area contributed by atoms with Gasteiger partial charge in [-0.15, -0.1) is 0 Å². The summed E-state index contributed by atoms with van der Waals surface area (Å²) in [6.45, 7) is 1.47. The maximum absolute atomic E-state index is 12.0. The van der Waals surface area contributed by atoms with Gasteiger partial charge in [0.25, 0.3) is 5.91 Å². The van der Waals surface area contributed by atoms with Gasteiger partial charge in [0.15, 0.2) is 6.10 Å². The Morgan fingerprint density at radius 1 is 1.20 bits per heavy atom. The van der Waals surface area contributed by atoms with Gasteiger partial charge in [-0.25, -0.2) is 4.79 Å². The number of hydrogen-bond acceptors (Lipinski definition) is 4. The highest BCUT2D eigenvalue weighted by molar-refractivity contribution is 6.32. The van der Waals surface area contributed by atoms with Gasteiger partial charge < -0.3 is 10.1 Å². The number of halogens is 1. The van der Waals surface area contributed by atoms with E-state index in [9.17, 15) is 9.59 Å². The monoisotopic (exact) mass is 354 g/mol. The van der Waals surface area contributed by atoms with Crippen LogP contribution in [0.3, 0.4) is 0 Å². The summed E-state index contributed by atoms with van der Waals surface area (Å²) >= 11 is 5.99. The van der Waals surface area contributed by atoms with Crippen LogP contribution in [0.25, 0.3) is 6.08 Å². The van der Waals surface area contributed by atoms with Gasteiger partial charge in [0.05, 0.1) is 11.6 Å². The van der Waals surface area contributed by atoms with E-state index in [4.69, 9.17) is 21.6 Å². The van der Waals surface area contributed by atoms with E-state index in [1.54, 1.807) is 48.5 Å². The second-order valence-electron chi connectivity index (χ2n) is 5.11. The second kappa shape index (κ2) is 8.67.